The van der Waals surface area contributed by atoms with Gasteiger partial charge in [-0.3, -0.25) is 14.5 Å². The number of nitrogens with one attached hydrogen (secondary N) is 2. The molecule has 0 aliphatic carbocycles. The van der Waals surface area contributed by atoms with Crippen LogP contribution in [-0.4, -0.2) is 51.5 Å². The number of allylic oxidation sites excluding steroid dienone is 1. The van der Waals surface area contributed by atoms with E-state index >= 15 is 0 Å². The van der Waals surface area contributed by atoms with Gasteiger partial charge in [0.25, 0.3) is 5.91 Å². The Morgan fingerprint density at radius 1 is 1.28 bits per heavy atom. The predicted molar refractivity (Wildman–Crippen MR) is 88.9 cm³/mol. The van der Waals surface area contributed by atoms with Crippen LogP contribution in [0.1, 0.15) is 12.8 Å². The van der Waals surface area contributed by atoms with E-state index in [-0.39, 0.29) is 28.9 Å². The molecule has 0 aromatic heterocycles. The standard InChI is InChI=1S/C16H16ClN3O5/c17-10-5-6-11-13(15(23)20(11)14(10)16(24)25)19-12(22)7-18-8-1-3-9(21)4-2-8/h1-4,11,13,18,21H,5-7H2,(H,19,22)(H,24,25)/t11-,13-/m1/s1. The van der Waals surface area contributed by atoms with Crippen LogP contribution in [0.5, 0.6) is 5.75 Å². The van der Waals surface area contributed by atoms with Crippen molar-refractivity contribution in [3.05, 3.63) is 35.0 Å². The van der Waals surface area contributed by atoms with Gasteiger partial charge in [0.1, 0.15) is 17.5 Å². The highest BCUT2D eigenvalue weighted by Gasteiger charge is 2.53. The fraction of sp³-hybridized carbons (Fsp3) is 0.312. The van der Waals surface area contributed by atoms with Crippen LogP contribution in [0.15, 0.2) is 35.0 Å². The van der Waals surface area contributed by atoms with Gasteiger partial charge < -0.3 is 20.8 Å². The quantitative estimate of drug-likeness (QED) is 0.453. The number of hydrogen-bond acceptors (Lipinski definition) is 5. The molecule has 8 nitrogen and oxygen atoms in total. The summed E-state index contributed by atoms with van der Waals surface area (Å²) in [6.45, 7) is -0.0519. The lowest BCUT2D eigenvalue weighted by Crippen LogP contribution is -2.71. The van der Waals surface area contributed by atoms with Gasteiger partial charge in [-0.2, -0.15) is 0 Å². The normalized spacial score (nSPS) is 22.1. The molecule has 2 aliphatic rings. The number of carboxylic acids is 1. The van der Waals surface area contributed by atoms with Crippen molar-refractivity contribution in [2.75, 3.05) is 11.9 Å². The summed E-state index contributed by atoms with van der Waals surface area (Å²) in [7, 11) is 0. The molecule has 0 bridgehead atoms. The Labute approximate surface area is 148 Å². The van der Waals surface area contributed by atoms with Crippen LogP contribution in [-0.2, 0) is 14.4 Å². The number of hydrogen-bond donors (Lipinski definition) is 4. The minimum Gasteiger partial charge on any atom is -0.508 e. The monoisotopic (exact) mass is 365 g/mol. The number of rotatable bonds is 5. The zero-order chi connectivity index (χ0) is 18.1. The highest BCUT2D eigenvalue weighted by molar-refractivity contribution is 6.32. The predicted octanol–water partition coefficient (Wildman–Crippen LogP) is 0.829. The third kappa shape index (κ3) is 3.25. The maximum absolute atomic E-state index is 12.2. The van der Waals surface area contributed by atoms with Crippen molar-refractivity contribution in [1.82, 2.24) is 10.2 Å². The zero-order valence-electron chi connectivity index (χ0n) is 13.0. The molecule has 1 aromatic rings. The number of carboxylic acid groups (broad SMARTS) is 1. The second-order valence-electron chi connectivity index (χ2n) is 5.82. The molecule has 2 amide bonds. The van der Waals surface area contributed by atoms with Gasteiger partial charge in [-0.15, -0.1) is 0 Å². The average molecular weight is 366 g/mol. The van der Waals surface area contributed by atoms with E-state index in [0.717, 1.165) is 4.90 Å². The molecule has 1 fully saturated rings. The SMILES string of the molecule is O=C(CNc1ccc(O)cc1)N[C@H]1C(=O)N2C(C(=O)O)=C(Cl)CC[C@H]12. The molecular weight excluding hydrogens is 350 g/mol. The highest BCUT2D eigenvalue weighted by atomic mass is 35.5. The van der Waals surface area contributed by atoms with E-state index in [1.54, 1.807) is 12.1 Å². The highest BCUT2D eigenvalue weighted by Crippen LogP contribution is 2.37. The Balaban J connectivity index is 1.58. The summed E-state index contributed by atoms with van der Waals surface area (Å²) in [6.07, 6.45) is 0.855. The number of nitrogens with zero attached hydrogens (tertiary/aromatic N) is 1. The van der Waals surface area contributed by atoms with Gasteiger partial charge in [0.05, 0.1) is 12.6 Å². The Kier molecular flexibility index (Phi) is 4.54. The topological polar surface area (TPSA) is 119 Å². The minimum absolute atomic E-state index is 0.0519. The molecule has 3 rings (SSSR count). The van der Waals surface area contributed by atoms with Crippen molar-refractivity contribution in [2.45, 2.75) is 24.9 Å². The summed E-state index contributed by atoms with van der Waals surface area (Å²) >= 11 is 5.91. The number of aliphatic carboxylic acids is 1. The Morgan fingerprint density at radius 3 is 2.60 bits per heavy atom. The third-order valence-corrected chi connectivity index (χ3v) is 4.58. The van der Waals surface area contributed by atoms with Crippen molar-refractivity contribution in [1.29, 1.82) is 0 Å². The molecule has 2 atom stereocenters. The van der Waals surface area contributed by atoms with E-state index in [0.29, 0.717) is 18.5 Å². The number of fused-ring (bicyclic) bond motifs is 1. The number of benzene rings is 1. The van der Waals surface area contributed by atoms with E-state index < -0.39 is 24.0 Å². The Hall–Kier alpha value is -2.74. The van der Waals surface area contributed by atoms with E-state index in [1.165, 1.54) is 12.1 Å². The van der Waals surface area contributed by atoms with Gasteiger partial charge in [0.2, 0.25) is 5.91 Å². The van der Waals surface area contributed by atoms with Gasteiger partial charge >= 0.3 is 5.97 Å². The van der Waals surface area contributed by atoms with Gasteiger partial charge in [0.15, 0.2) is 0 Å². The molecule has 0 saturated carbocycles. The molecule has 4 N–H and O–H groups in total. The maximum Gasteiger partial charge on any atom is 0.353 e. The molecule has 2 heterocycles. The Bertz CT molecular complexity index is 762. The molecule has 0 unspecified atom stereocenters. The summed E-state index contributed by atoms with van der Waals surface area (Å²) < 4.78 is 0. The van der Waals surface area contributed by atoms with Crippen molar-refractivity contribution in [3.8, 4) is 5.75 Å². The van der Waals surface area contributed by atoms with E-state index in [9.17, 15) is 24.6 Å². The fourth-order valence-corrected chi connectivity index (χ4v) is 3.28. The van der Waals surface area contributed by atoms with Crippen molar-refractivity contribution < 1.29 is 24.6 Å². The lowest BCUT2D eigenvalue weighted by Gasteiger charge is -2.49. The van der Waals surface area contributed by atoms with Crippen LogP contribution in [0, 0.1) is 0 Å². The van der Waals surface area contributed by atoms with Crippen LogP contribution in [0.4, 0.5) is 5.69 Å². The summed E-state index contributed by atoms with van der Waals surface area (Å²) in [6, 6.07) is 5.07. The number of phenolic OH excluding ortho intramolecular Hbond substituents is 1. The lowest BCUT2D eigenvalue weighted by atomic mass is 9.86. The molecule has 1 saturated heterocycles. The van der Waals surface area contributed by atoms with Crippen LogP contribution < -0.4 is 10.6 Å². The second-order valence-corrected chi connectivity index (χ2v) is 6.27. The number of carbonyl (C=O) groups excluding carboxylic acids is 2. The third-order valence-electron chi connectivity index (χ3n) is 4.22. The van der Waals surface area contributed by atoms with E-state index in [1.807, 2.05) is 0 Å². The van der Waals surface area contributed by atoms with Crippen molar-refractivity contribution >= 4 is 35.1 Å². The summed E-state index contributed by atoms with van der Waals surface area (Å²) in [5.74, 6) is -1.99. The summed E-state index contributed by atoms with van der Waals surface area (Å²) in [5, 5.41) is 24.0. The van der Waals surface area contributed by atoms with Gasteiger partial charge in [-0.1, -0.05) is 11.6 Å². The lowest BCUT2D eigenvalue weighted by molar-refractivity contribution is -0.155. The number of aromatic hydroxyl groups is 1. The van der Waals surface area contributed by atoms with Crippen molar-refractivity contribution in [3.63, 3.8) is 0 Å². The van der Waals surface area contributed by atoms with Crippen LogP contribution in [0.25, 0.3) is 0 Å². The number of carbonyl (C=O) groups is 3. The van der Waals surface area contributed by atoms with E-state index in [2.05, 4.69) is 10.6 Å². The fourth-order valence-electron chi connectivity index (χ4n) is 3.00. The average Bonchev–Trinajstić information content (AvgIpc) is 2.58. The van der Waals surface area contributed by atoms with Gasteiger partial charge in [-0.05, 0) is 37.1 Å². The second kappa shape index (κ2) is 6.64. The first kappa shape index (κ1) is 17.1. The number of halogens is 1. The first-order valence-corrected chi connectivity index (χ1v) is 8.03. The molecule has 2 aliphatic heterocycles. The van der Waals surface area contributed by atoms with Crippen molar-refractivity contribution in [2.24, 2.45) is 0 Å². The number of amides is 2. The number of anilines is 1. The van der Waals surface area contributed by atoms with Crippen LogP contribution >= 0.6 is 11.6 Å². The Morgan fingerprint density at radius 2 is 1.96 bits per heavy atom. The molecule has 132 valence electrons. The molecule has 9 heteroatoms. The molecule has 25 heavy (non-hydrogen) atoms. The van der Waals surface area contributed by atoms with Crippen LogP contribution in [0.3, 0.4) is 0 Å². The van der Waals surface area contributed by atoms with Gasteiger partial charge in [0, 0.05) is 10.7 Å². The largest absolute Gasteiger partial charge is 0.508 e. The number of β-lactam (4-membered cyclic amide) rings is 1. The molecular formula is C16H16ClN3O5. The zero-order valence-corrected chi connectivity index (χ0v) is 13.8. The molecule has 0 radical (unpaired) electrons. The first-order valence-electron chi connectivity index (χ1n) is 7.65. The summed E-state index contributed by atoms with van der Waals surface area (Å²) in [4.78, 5) is 36.7. The van der Waals surface area contributed by atoms with Crippen LogP contribution in [0.2, 0.25) is 0 Å². The van der Waals surface area contributed by atoms with E-state index in [4.69, 9.17) is 11.6 Å². The smallest absolute Gasteiger partial charge is 0.353 e. The minimum atomic E-state index is -1.25. The van der Waals surface area contributed by atoms with Gasteiger partial charge in [-0.25, -0.2) is 4.79 Å². The first-order chi connectivity index (χ1) is 11.9. The maximum atomic E-state index is 12.2. The molecule has 1 aromatic carbocycles. The summed E-state index contributed by atoms with van der Waals surface area (Å²) in [5.41, 5.74) is 0.450. The molecule has 0 spiro atoms. The number of phenols is 1.